The van der Waals surface area contributed by atoms with Gasteiger partial charge in [0.05, 0.1) is 0 Å². The van der Waals surface area contributed by atoms with Crippen molar-refractivity contribution in [2.24, 2.45) is 0 Å². The Kier molecular flexibility index (Phi) is 4.97. The zero-order chi connectivity index (χ0) is 17.8. The third-order valence-electron chi connectivity index (χ3n) is 3.89. The van der Waals surface area contributed by atoms with Crippen molar-refractivity contribution in [3.05, 3.63) is 59.4 Å². The molecule has 6 heteroatoms. The first-order valence-corrected chi connectivity index (χ1v) is 8.26. The number of aryl methyl sites for hydroxylation is 3. The number of nitrogens with one attached hydrogen (secondary N) is 1. The Hall–Kier alpha value is -2.89. The standard InChI is InChI=1S/C19H21N3O3/c1-12-4-6-15(7-5-12)17-10-8-16(24-17)9-11-18(23)20-13(2)19-21-14(3)22-25-19/h4-8,10,13H,9,11H2,1-3H3,(H,20,23). The van der Waals surface area contributed by atoms with Gasteiger partial charge < -0.3 is 14.3 Å². The third kappa shape index (κ3) is 4.35. The van der Waals surface area contributed by atoms with Gasteiger partial charge in [-0.25, -0.2) is 0 Å². The minimum atomic E-state index is -0.312. The molecule has 0 bridgehead atoms. The zero-order valence-electron chi connectivity index (χ0n) is 14.6. The molecule has 0 fully saturated rings. The average molecular weight is 339 g/mol. The second-order valence-electron chi connectivity index (χ2n) is 6.10. The van der Waals surface area contributed by atoms with E-state index in [-0.39, 0.29) is 11.9 Å². The van der Waals surface area contributed by atoms with E-state index >= 15 is 0 Å². The molecule has 0 aliphatic carbocycles. The lowest BCUT2D eigenvalue weighted by Gasteiger charge is -2.08. The molecule has 1 atom stereocenters. The van der Waals surface area contributed by atoms with E-state index in [4.69, 9.17) is 8.94 Å². The first kappa shape index (κ1) is 17.0. The minimum absolute atomic E-state index is 0.0864. The van der Waals surface area contributed by atoms with Crippen LogP contribution in [0.2, 0.25) is 0 Å². The summed E-state index contributed by atoms with van der Waals surface area (Å²) >= 11 is 0. The highest BCUT2D eigenvalue weighted by atomic mass is 16.5. The van der Waals surface area contributed by atoms with Gasteiger partial charge in [0.2, 0.25) is 11.8 Å². The normalized spacial score (nSPS) is 12.1. The lowest BCUT2D eigenvalue weighted by molar-refractivity contribution is -0.121. The van der Waals surface area contributed by atoms with Gasteiger partial charge in [-0.2, -0.15) is 4.98 Å². The molecule has 1 unspecified atom stereocenters. The fourth-order valence-electron chi connectivity index (χ4n) is 2.49. The fraction of sp³-hybridized carbons (Fsp3) is 0.316. The van der Waals surface area contributed by atoms with Crippen molar-refractivity contribution in [1.82, 2.24) is 15.5 Å². The van der Waals surface area contributed by atoms with E-state index in [9.17, 15) is 4.79 Å². The van der Waals surface area contributed by atoms with E-state index in [1.165, 1.54) is 5.56 Å². The summed E-state index contributed by atoms with van der Waals surface area (Å²) in [4.78, 5) is 16.2. The van der Waals surface area contributed by atoms with Gasteiger partial charge in [0.1, 0.15) is 17.6 Å². The largest absolute Gasteiger partial charge is 0.461 e. The second kappa shape index (κ2) is 7.34. The summed E-state index contributed by atoms with van der Waals surface area (Å²) in [6.07, 6.45) is 0.867. The minimum Gasteiger partial charge on any atom is -0.461 e. The Balaban J connectivity index is 1.53. The maximum Gasteiger partial charge on any atom is 0.248 e. The molecule has 25 heavy (non-hydrogen) atoms. The summed E-state index contributed by atoms with van der Waals surface area (Å²) in [5.41, 5.74) is 2.24. The van der Waals surface area contributed by atoms with Crippen molar-refractivity contribution in [2.45, 2.75) is 39.7 Å². The van der Waals surface area contributed by atoms with Crippen LogP contribution in [-0.2, 0) is 11.2 Å². The summed E-state index contributed by atoms with van der Waals surface area (Å²) in [6.45, 7) is 5.60. The van der Waals surface area contributed by atoms with Crippen LogP contribution in [0.5, 0.6) is 0 Å². The summed E-state index contributed by atoms with van der Waals surface area (Å²) in [7, 11) is 0. The van der Waals surface area contributed by atoms with Crippen molar-refractivity contribution < 1.29 is 13.7 Å². The van der Waals surface area contributed by atoms with Crippen LogP contribution in [-0.4, -0.2) is 16.0 Å². The summed E-state index contributed by atoms with van der Waals surface area (Å²) in [5.74, 6) is 2.47. The monoisotopic (exact) mass is 339 g/mol. The van der Waals surface area contributed by atoms with Gasteiger partial charge in [0.15, 0.2) is 5.82 Å². The molecule has 1 amide bonds. The molecule has 130 valence electrons. The van der Waals surface area contributed by atoms with Crippen LogP contribution in [0, 0.1) is 13.8 Å². The van der Waals surface area contributed by atoms with Crippen molar-refractivity contribution in [2.75, 3.05) is 0 Å². The lowest BCUT2D eigenvalue weighted by Crippen LogP contribution is -2.27. The first-order chi connectivity index (χ1) is 12.0. The number of carbonyl (C=O) groups excluding carboxylic acids is 1. The number of carbonyl (C=O) groups is 1. The third-order valence-corrected chi connectivity index (χ3v) is 3.89. The highest BCUT2D eigenvalue weighted by molar-refractivity contribution is 5.76. The van der Waals surface area contributed by atoms with Gasteiger partial charge in [0, 0.05) is 18.4 Å². The van der Waals surface area contributed by atoms with Crippen LogP contribution in [0.25, 0.3) is 11.3 Å². The molecule has 0 aliphatic heterocycles. The molecule has 1 N–H and O–H groups in total. The molecule has 0 saturated carbocycles. The summed E-state index contributed by atoms with van der Waals surface area (Å²) in [5, 5.41) is 6.57. The molecule has 0 aliphatic rings. The zero-order valence-corrected chi connectivity index (χ0v) is 14.6. The average Bonchev–Trinajstić information content (AvgIpc) is 3.23. The van der Waals surface area contributed by atoms with Gasteiger partial charge in [-0.1, -0.05) is 35.0 Å². The van der Waals surface area contributed by atoms with Crippen LogP contribution in [0.4, 0.5) is 0 Å². The van der Waals surface area contributed by atoms with E-state index in [0.717, 1.165) is 17.1 Å². The van der Waals surface area contributed by atoms with Crippen LogP contribution in [0.15, 0.2) is 45.3 Å². The van der Waals surface area contributed by atoms with E-state index in [1.807, 2.05) is 50.2 Å². The van der Waals surface area contributed by atoms with Gasteiger partial charge in [-0.05, 0) is 32.9 Å². The Morgan fingerprint density at radius 1 is 1.16 bits per heavy atom. The van der Waals surface area contributed by atoms with Crippen molar-refractivity contribution in [3.63, 3.8) is 0 Å². The van der Waals surface area contributed by atoms with E-state index < -0.39 is 0 Å². The topological polar surface area (TPSA) is 81.2 Å². The van der Waals surface area contributed by atoms with Gasteiger partial charge >= 0.3 is 0 Å². The van der Waals surface area contributed by atoms with Crippen LogP contribution >= 0.6 is 0 Å². The Morgan fingerprint density at radius 3 is 2.60 bits per heavy atom. The van der Waals surface area contributed by atoms with E-state index in [1.54, 1.807) is 6.92 Å². The Labute approximate surface area is 146 Å². The Morgan fingerprint density at radius 2 is 1.92 bits per heavy atom. The molecule has 0 saturated heterocycles. The van der Waals surface area contributed by atoms with Crippen molar-refractivity contribution in [1.29, 1.82) is 0 Å². The van der Waals surface area contributed by atoms with Crippen LogP contribution in [0.1, 0.15) is 42.4 Å². The quantitative estimate of drug-likeness (QED) is 0.739. The number of rotatable bonds is 6. The number of aromatic nitrogens is 2. The van der Waals surface area contributed by atoms with Crippen molar-refractivity contribution in [3.8, 4) is 11.3 Å². The number of amides is 1. The van der Waals surface area contributed by atoms with E-state index in [0.29, 0.717) is 24.6 Å². The second-order valence-corrected chi connectivity index (χ2v) is 6.10. The number of nitrogens with zero attached hydrogens (tertiary/aromatic N) is 2. The smallest absolute Gasteiger partial charge is 0.248 e. The maximum absolute atomic E-state index is 12.1. The molecule has 0 spiro atoms. The number of benzene rings is 1. The lowest BCUT2D eigenvalue weighted by atomic mass is 10.1. The molecule has 1 aromatic carbocycles. The molecule has 3 rings (SSSR count). The van der Waals surface area contributed by atoms with Gasteiger partial charge in [-0.15, -0.1) is 0 Å². The molecule has 3 aromatic rings. The maximum atomic E-state index is 12.1. The molecule has 2 heterocycles. The predicted molar refractivity (Wildman–Crippen MR) is 92.8 cm³/mol. The number of hydrogen-bond donors (Lipinski definition) is 1. The molecule has 0 radical (unpaired) electrons. The van der Waals surface area contributed by atoms with Crippen LogP contribution in [0.3, 0.4) is 0 Å². The molecule has 2 aromatic heterocycles. The summed E-state index contributed by atoms with van der Waals surface area (Å²) < 4.78 is 10.9. The highest BCUT2D eigenvalue weighted by Gasteiger charge is 2.16. The molecular weight excluding hydrogens is 318 g/mol. The van der Waals surface area contributed by atoms with Gasteiger partial charge in [0.25, 0.3) is 0 Å². The SMILES string of the molecule is Cc1ccc(-c2ccc(CCC(=O)NC(C)c3nc(C)no3)o2)cc1. The van der Waals surface area contributed by atoms with Gasteiger partial charge in [-0.3, -0.25) is 4.79 Å². The number of hydrogen-bond acceptors (Lipinski definition) is 5. The number of furan rings is 1. The molecular formula is C19H21N3O3. The highest BCUT2D eigenvalue weighted by Crippen LogP contribution is 2.23. The van der Waals surface area contributed by atoms with Crippen molar-refractivity contribution >= 4 is 5.91 Å². The predicted octanol–water partition coefficient (Wildman–Crippen LogP) is 3.76. The molecule has 6 nitrogen and oxygen atoms in total. The van der Waals surface area contributed by atoms with E-state index in [2.05, 4.69) is 15.5 Å². The first-order valence-electron chi connectivity index (χ1n) is 8.26. The fourth-order valence-corrected chi connectivity index (χ4v) is 2.49. The Bertz CT molecular complexity index is 849. The van der Waals surface area contributed by atoms with Crippen LogP contribution < -0.4 is 5.32 Å². The summed E-state index contributed by atoms with van der Waals surface area (Å²) in [6, 6.07) is 11.7.